The van der Waals surface area contributed by atoms with Crippen molar-refractivity contribution in [3.8, 4) is 0 Å². The minimum atomic E-state index is -0.464. The van der Waals surface area contributed by atoms with Gasteiger partial charge in [-0.05, 0) is 32.2 Å². The monoisotopic (exact) mass is 212 g/mol. The molecule has 0 aliphatic rings. The molecule has 1 aromatic heterocycles. The lowest BCUT2D eigenvalue weighted by Gasteiger charge is -2.26. The molecule has 0 aliphatic heterocycles. The molecule has 0 radical (unpaired) electrons. The molecule has 0 spiro atoms. The van der Waals surface area contributed by atoms with Crippen molar-refractivity contribution < 1.29 is 4.79 Å². The Labute approximate surface area is 88.3 Å². The van der Waals surface area contributed by atoms with Crippen molar-refractivity contribution in [2.75, 3.05) is 0 Å². The Bertz CT molecular complexity index is 304. The normalized spacial score (nSPS) is 13.7. The lowest BCUT2D eigenvalue weighted by atomic mass is 10.0. The maximum absolute atomic E-state index is 11.4. The van der Waals surface area contributed by atoms with Gasteiger partial charge in [0.05, 0.1) is 11.6 Å². The second kappa shape index (κ2) is 4.11. The number of carbonyl (C=O) groups excluding carboxylic acids is 1. The fourth-order valence-corrected chi connectivity index (χ4v) is 1.92. The zero-order valence-electron chi connectivity index (χ0n) is 8.70. The zero-order chi connectivity index (χ0) is 10.8. The SMILES string of the molecule is CC(N)C(=O)NC(C)(C)c1cccs1. The molecule has 78 valence electrons. The molecular formula is C10H16N2OS. The van der Waals surface area contributed by atoms with E-state index < -0.39 is 6.04 Å². The Morgan fingerprint density at radius 2 is 2.29 bits per heavy atom. The van der Waals surface area contributed by atoms with Gasteiger partial charge in [0.15, 0.2) is 0 Å². The number of rotatable bonds is 3. The minimum absolute atomic E-state index is 0.122. The van der Waals surface area contributed by atoms with Crippen LogP contribution in [0.15, 0.2) is 17.5 Å². The first kappa shape index (κ1) is 11.2. The molecule has 0 bridgehead atoms. The van der Waals surface area contributed by atoms with E-state index in [0.29, 0.717) is 0 Å². The molecule has 0 aromatic carbocycles. The molecule has 4 heteroatoms. The van der Waals surface area contributed by atoms with E-state index >= 15 is 0 Å². The predicted molar refractivity (Wildman–Crippen MR) is 59.1 cm³/mol. The van der Waals surface area contributed by atoms with Crippen molar-refractivity contribution >= 4 is 17.2 Å². The van der Waals surface area contributed by atoms with Crippen molar-refractivity contribution in [3.63, 3.8) is 0 Å². The van der Waals surface area contributed by atoms with Crippen LogP contribution in [-0.4, -0.2) is 11.9 Å². The van der Waals surface area contributed by atoms with Gasteiger partial charge >= 0.3 is 0 Å². The van der Waals surface area contributed by atoms with Crippen LogP contribution in [0.3, 0.4) is 0 Å². The summed E-state index contributed by atoms with van der Waals surface area (Å²) in [6.07, 6.45) is 0. The van der Waals surface area contributed by atoms with Gasteiger partial charge in [-0.3, -0.25) is 4.79 Å². The van der Waals surface area contributed by atoms with Crippen LogP contribution in [-0.2, 0) is 10.3 Å². The van der Waals surface area contributed by atoms with Crippen molar-refractivity contribution in [1.82, 2.24) is 5.32 Å². The third kappa shape index (κ3) is 2.56. The van der Waals surface area contributed by atoms with Crippen molar-refractivity contribution in [1.29, 1.82) is 0 Å². The first-order valence-electron chi connectivity index (χ1n) is 4.55. The average Bonchev–Trinajstić information content (AvgIpc) is 2.54. The van der Waals surface area contributed by atoms with E-state index in [4.69, 9.17) is 5.73 Å². The number of nitrogens with two attached hydrogens (primary N) is 1. The van der Waals surface area contributed by atoms with Crippen LogP contribution in [0.1, 0.15) is 25.6 Å². The van der Waals surface area contributed by atoms with Crippen LogP contribution in [0.25, 0.3) is 0 Å². The van der Waals surface area contributed by atoms with E-state index in [2.05, 4.69) is 5.32 Å². The van der Waals surface area contributed by atoms with E-state index in [0.717, 1.165) is 4.88 Å². The molecule has 1 rings (SSSR count). The fourth-order valence-electron chi connectivity index (χ4n) is 1.12. The molecule has 1 heterocycles. The third-order valence-electron chi connectivity index (χ3n) is 1.99. The molecule has 0 aliphatic carbocycles. The van der Waals surface area contributed by atoms with Crippen LogP contribution in [0.5, 0.6) is 0 Å². The first-order valence-corrected chi connectivity index (χ1v) is 5.43. The Kier molecular flexibility index (Phi) is 3.29. The van der Waals surface area contributed by atoms with Crippen molar-refractivity contribution in [3.05, 3.63) is 22.4 Å². The summed E-state index contributed by atoms with van der Waals surface area (Å²) in [5, 5.41) is 4.90. The van der Waals surface area contributed by atoms with E-state index in [1.165, 1.54) is 0 Å². The van der Waals surface area contributed by atoms with Crippen LogP contribution in [0.2, 0.25) is 0 Å². The van der Waals surface area contributed by atoms with Gasteiger partial charge in [0, 0.05) is 4.88 Å². The van der Waals surface area contributed by atoms with Crippen LogP contribution < -0.4 is 11.1 Å². The van der Waals surface area contributed by atoms with Gasteiger partial charge in [0.25, 0.3) is 0 Å². The molecule has 0 fully saturated rings. The van der Waals surface area contributed by atoms with Gasteiger partial charge in [0.1, 0.15) is 0 Å². The predicted octanol–water partition coefficient (Wildman–Crippen LogP) is 1.45. The van der Waals surface area contributed by atoms with Crippen molar-refractivity contribution in [2.45, 2.75) is 32.4 Å². The molecule has 3 nitrogen and oxygen atoms in total. The summed E-state index contributed by atoms with van der Waals surface area (Å²) in [5.74, 6) is -0.122. The maximum atomic E-state index is 11.4. The number of thiophene rings is 1. The van der Waals surface area contributed by atoms with Crippen LogP contribution in [0, 0.1) is 0 Å². The number of nitrogens with one attached hydrogen (secondary N) is 1. The number of hydrogen-bond donors (Lipinski definition) is 2. The largest absolute Gasteiger partial charge is 0.345 e. The summed E-state index contributed by atoms with van der Waals surface area (Å²) in [6.45, 7) is 5.62. The standard InChI is InChI=1S/C10H16N2OS/c1-7(11)9(13)12-10(2,3)8-5-4-6-14-8/h4-7H,11H2,1-3H3,(H,12,13). The topological polar surface area (TPSA) is 55.1 Å². The van der Waals surface area contributed by atoms with Gasteiger partial charge < -0.3 is 11.1 Å². The second-order valence-corrected chi connectivity index (χ2v) is 4.83. The fraction of sp³-hybridized carbons (Fsp3) is 0.500. The highest BCUT2D eigenvalue weighted by Crippen LogP contribution is 2.24. The number of carbonyl (C=O) groups is 1. The van der Waals surface area contributed by atoms with Gasteiger partial charge in [-0.25, -0.2) is 0 Å². The zero-order valence-corrected chi connectivity index (χ0v) is 9.52. The first-order chi connectivity index (χ1) is 6.43. The summed E-state index contributed by atoms with van der Waals surface area (Å²) >= 11 is 1.63. The highest BCUT2D eigenvalue weighted by molar-refractivity contribution is 7.10. The quantitative estimate of drug-likeness (QED) is 0.796. The smallest absolute Gasteiger partial charge is 0.237 e. The minimum Gasteiger partial charge on any atom is -0.345 e. The molecule has 1 unspecified atom stereocenters. The van der Waals surface area contributed by atoms with Crippen LogP contribution in [0.4, 0.5) is 0 Å². The van der Waals surface area contributed by atoms with Gasteiger partial charge in [0.2, 0.25) is 5.91 Å². The molecule has 1 aromatic rings. The molecule has 1 amide bonds. The molecule has 1 atom stereocenters. The highest BCUT2D eigenvalue weighted by Gasteiger charge is 2.24. The summed E-state index contributed by atoms with van der Waals surface area (Å²) in [7, 11) is 0. The van der Waals surface area contributed by atoms with E-state index in [9.17, 15) is 4.79 Å². The lowest BCUT2D eigenvalue weighted by Crippen LogP contribution is -2.47. The Hall–Kier alpha value is -0.870. The number of amides is 1. The lowest BCUT2D eigenvalue weighted by molar-refractivity contribution is -0.123. The summed E-state index contributed by atoms with van der Waals surface area (Å²) in [5.41, 5.74) is 5.15. The van der Waals surface area contributed by atoms with Gasteiger partial charge in [-0.15, -0.1) is 11.3 Å². The summed E-state index contributed by atoms with van der Waals surface area (Å²) in [6, 6.07) is 3.51. The third-order valence-corrected chi connectivity index (χ3v) is 3.18. The summed E-state index contributed by atoms with van der Waals surface area (Å²) in [4.78, 5) is 12.6. The summed E-state index contributed by atoms with van der Waals surface area (Å²) < 4.78 is 0. The average molecular weight is 212 g/mol. The molecule has 0 saturated carbocycles. The molecule has 0 saturated heterocycles. The Balaban J connectivity index is 2.72. The molecule has 3 N–H and O–H groups in total. The second-order valence-electron chi connectivity index (χ2n) is 3.88. The maximum Gasteiger partial charge on any atom is 0.237 e. The molecular weight excluding hydrogens is 196 g/mol. The Morgan fingerprint density at radius 3 is 2.71 bits per heavy atom. The number of hydrogen-bond acceptors (Lipinski definition) is 3. The van der Waals surface area contributed by atoms with E-state index in [1.54, 1.807) is 18.3 Å². The van der Waals surface area contributed by atoms with Gasteiger partial charge in [-0.1, -0.05) is 6.07 Å². The van der Waals surface area contributed by atoms with E-state index in [-0.39, 0.29) is 11.4 Å². The van der Waals surface area contributed by atoms with Crippen molar-refractivity contribution in [2.24, 2.45) is 5.73 Å². The van der Waals surface area contributed by atoms with Gasteiger partial charge in [-0.2, -0.15) is 0 Å². The Morgan fingerprint density at radius 1 is 1.64 bits per heavy atom. The highest BCUT2D eigenvalue weighted by atomic mass is 32.1. The van der Waals surface area contributed by atoms with Crippen LogP contribution >= 0.6 is 11.3 Å². The molecule has 14 heavy (non-hydrogen) atoms. The van der Waals surface area contributed by atoms with E-state index in [1.807, 2.05) is 31.4 Å².